The number of nitrogens with zero attached hydrogens (tertiary/aromatic N) is 2. The van der Waals surface area contributed by atoms with Crippen LogP contribution < -0.4 is 0 Å². The maximum absolute atomic E-state index is 2.87. The van der Waals surface area contributed by atoms with E-state index in [0.717, 1.165) is 112 Å². The SMILES string of the molecule is C[C@H](C1C2CCCC1CC2)[C@@H](CC[C@H](C1C2CC1CN(C)C2)[C@@H](CC[C@@H](C)C12CCC(CC1)CC2)C1CC2CC(C1)N2C)C1CC2CCC(C2)C1. The van der Waals surface area contributed by atoms with Gasteiger partial charge >= 0.3 is 0 Å². The molecule has 12 rings (SSSR count). The van der Waals surface area contributed by atoms with E-state index in [0.29, 0.717) is 0 Å². The Morgan fingerprint density at radius 3 is 1.73 bits per heavy atom. The molecule has 9 aliphatic carbocycles. The quantitative estimate of drug-likeness (QED) is 0.189. The van der Waals surface area contributed by atoms with Gasteiger partial charge in [-0.1, -0.05) is 46.0 Å². The first-order valence-corrected chi connectivity index (χ1v) is 24.2. The van der Waals surface area contributed by atoms with Crippen LogP contribution in [-0.2, 0) is 0 Å². The van der Waals surface area contributed by atoms with E-state index in [9.17, 15) is 0 Å². The first kappa shape index (κ1) is 35.3. The molecule has 288 valence electrons. The van der Waals surface area contributed by atoms with Crippen molar-refractivity contribution in [2.24, 2.45) is 100 Å². The first-order chi connectivity index (χ1) is 24.8. The summed E-state index contributed by atoms with van der Waals surface area (Å²) in [5.41, 5.74) is 0.722. The van der Waals surface area contributed by atoms with Gasteiger partial charge in [0.05, 0.1) is 0 Å². The van der Waals surface area contributed by atoms with Crippen molar-refractivity contribution in [2.45, 2.75) is 180 Å². The second-order valence-electron chi connectivity index (χ2n) is 23.1. The summed E-state index contributed by atoms with van der Waals surface area (Å²) in [5, 5.41) is 0. The van der Waals surface area contributed by atoms with Crippen LogP contribution >= 0.6 is 0 Å². The van der Waals surface area contributed by atoms with Gasteiger partial charge in [-0.25, -0.2) is 0 Å². The highest BCUT2D eigenvalue weighted by molar-refractivity contribution is 5.06. The molecular weight excluding hydrogens is 617 g/mol. The largest absolute Gasteiger partial charge is 0.306 e. The zero-order valence-corrected chi connectivity index (χ0v) is 34.2. The van der Waals surface area contributed by atoms with Crippen LogP contribution in [0.3, 0.4) is 0 Å². The Kier molecular flexibility index (Phi) is 9.80. The van der Waals surface area contributed by atoms with Crippen molar-refractivity contribution in [2.75, 3.05) is 27.2 Å². The standard InChI is InChI=1S/C49H82N2/c1-31(49-19-16-33(17-20-49)18-21-49)8-13-45(39-26-42-28-43(27-39)51(42)4)46(48-40-25-41(48)30-50(3)29-40)15-14-44(38-23-34-9-10-35(22-34)24-38)32(2)47-36-6-5-7-37(47)12-11-36/h31-48H,5-30H2,1-4H3/t31-,32+,33?,34?,35?,36?,37?,38?,39?,40?,41?,42?,43?,44-,45+,46+,47?,48?,49?/m1/s1. The molecule has 12 aliphatic rings. The maximum Gasteiger partial charge on any atom is 0.0113 e. The monoisotopic (exact) mass is 699 g/mol. The fourth-order valence-corrected chi connectivity index (χ4v) is 18.5. The predicted molar refractivity (Wildman–Crippen MR) is 213 cm³/mol. The third kappa shape index (κ3) is 6.39. The molecule has 0 radical (unpaired) electrons. The summed E-state index contributed by atoms with van der Waals surface area (Å²) in [6, 6.07) is 1.83. The lowest BCUT2D eigenvalue weighted by Gasteiger charge is -2.60. The Hall–Kier alpha value is -0.0800. The van der Waals surface area contributed by atoms with Gasteiger partial charge in [-0.2, -0.15) is 0 Å². The highest BCUT2D eigenvalue weighted by atomic mass is 15.2. The summed E-state index contributed by atoms with van der Waals surface area (Å²) in [6.07, 6.45) is 38.0. The van der Waals surface area contributed by atoms with E-state index < -0.39 is 0 Å². The third-order valence-electron chi connectivity index (χ3n) is 21.2. The van der Waals surface area contributed by atoms with Gasteiger partial charge < -0.3 is 9.80 Å². The lowest BCUT2D eigenvalue weighted by Crippen LogP contribution is -2.61. The molecule has 13 atom stereocenters. The van der Waals surface area contributed by atoms with Gasteiger partial charge in [0.15, 0.2) is 0 Å². The van der Waals surface area contributed by atoms with Gasteiger partial charge in [0.1, 0.15) is 0 Å². The first-order valence-electron chi connectivity index (χ1n) is 24.2. The van der Waals surface area contributed by atoms with E-state index in [1.54, 1.807) is 148 Å². The minimum atomic E-state index is 0.722. The van der Waals surface area contributed by atoms with Crippen molar-refractivity contribution in [1.82, 2.24) is 9.80 Å². The summed E-state index contributed by atoms with van der Waals surface area (Å²) in [4.78, 5) is 5.56. The molecule has 2 nitrogen and oxygen atoms in total. The highest BCUT2D eigenvalue weighted by Crippen LogP contribution is 2.61. The van der Waals surface area contributed by atoms with Crippen LogP contribution in [0.5, 0.6) is 0 Å². The zero-order valence-electron chi connectivity index (χ0n) is 34.2. The summed E-state index contributed by atoms with van der Waals surface area (Å²) < 4.78 is 0. The molecular formula is C49H82N2. The van der Waals surface area contributed by atoms with E-state index in [1.807, 2.05) is 0 Å². The fourth-order valence-electron chi connectivity index (χ4n) is 18.5. The van der Waals surface area contributed by atoms with Gasteiger partial charge in [0, 0.05) is 25.2 Å². The van der Waals surface area contributed by atoms with Crippen LogP contribution in [0.1, 0.15) is 168 Å². The van der Waals surface area contributed by atoms with Crippen LogP contribution in [0, 0.1) is 100 Å². The molecule has 0 aromatic rings. The third-order valence-corrected chi connectivity index (χ3v) is 21.2. The topological polar surface area (TPSA) is 6.48 Å². The Morgan fingerprint density at radius 2 is 1.10 bits per heavy atom. The Labute approximate surface area is 316 Å². The fraction of sp³-hybridized carbons (Fsp3) is 1.00. The van der Waals surface area contributed by atoms with Gasteiger partial charge in [0.2, 0.25) is 0 Å². The van der Waals surface area contributed by atoms with E-state index in [4.69, 9.17) is 0 Å². The molecule has 8 unspecified atom stereocenters. The van der Waals surface area contributed by atoms with Crippen molar-refractivity contribution in [3.8, 4) is 0 Å². The van der Waals surface area contributed by atoms with Crippen molar-refractivity contribution < 1.29 is 0 Å². The Morgan fingerprint density at radius 1 is 0.510 bits per heavy atom. The number of hydrogen-bond donors (Lipinski definition) is 0. The van der Waals surface area contributed by atoms with E-state index in [1.165, 1.54) is 19.5 Å². The number of likely N-dealkylation sites (tertiary alicyclic amines) is 1. The van der Waals surface area contributed by atoms with Gasteiger partial charge in [0.25, 0.3) is 0 Å². The predicted octanol–water partition coefficient (Wildman–Crippen LogP) is 12.0. The minimum absolute atomic E-state index is 0.722. The number of rotatable bonds is 13. The van der Waals surface area contributed by atoms with Crippen molar-refractivity contribution in [1.29, 1.82) is 0 Å². The number of fused-ring (bicyclic) bond motifs is 11. The molecule has 10 bridgehead atoms. The van der Waals surface area contributed by atoms with Crippen LogP contribution in [0.15, 0.2) is 0 Å². The number of hydrogen-bond acceptors (Lipinski definition) is 2. The molecule has 12 fully saturated rings. The average molecular weight is 699 g/mol. The molecule has 3 saturated heterocycles. The lowest BCUT2D eigenvalue weighted by molar-refractivity contribution is -0.112. The molecule has 0 amide bonds. The summed E-state index contributed by atoms with van der Waals surface area (Å²) >= 11 is 0. The molecule has 0 spiro atoms. The maximum atomic E-state index is 2.87. The van der Waals surface area contributed by atoms with Crippen molar-refractivity contribution in [3.05, 3.63) is 0 Å². The van der Waals surface area contributed by atoms with Crippen LogP contribution in [0.4, 0.5) is 0 Å². The van der Waals surface area contributed by atoms with Gasteiger partial charge in [-0.3, -0.25) is 0 Å². The zero-order chi connectivity index (χ0) is 34.4. The molecule has 2 heteroatoms. The van der Waals surface area contributed by atoms with Crippen LogP contribution in [-0.4, -0.2) is 49.1 Å². The molecule has 0 N–H and O–H groups in total. The van der Waals surface area contributed by atoms with E-state index in [-0.39, 0.29) is 0 Å². The summed E-state index contributed by atoms with van der Waals surface area (Å²) in [6.45, 7) is 8.47. The Balaban J connectivity index is 0.938. The number of piperidine rings is 3. The normalized spacial score (nSPS) is 50.2. The minimum Gasteiger partial charge on any atom is -0.306 e. The van der Waals surface area contributed by atoms with Gasteiger partial charge in [-0.05, 0) is 236 Å². The summed E-state index contributed by atoms with van der Waals surface area (Å²) in [5.74, 6) is 16.8. The molecule has 51 heavy (non-hydrogen) atoms. The second-order valence-corrected chi connectivity index (χ2v) is 23.1. The van der Waals surface area contributed by atoms with Crippen molar-refractivity contribution in [3.63, 3.8) is 0 Å². The smallest absolute Gasteiger partial charge is 0.0113 e. The second kappa shape index (κ2) is 14.1. The average Bonchev–Trinajstić information content (AvgIpc) is 3.63. The van der Waals surface area contributed by atoms with Crippen molar-refractivity contribution >= 4 is 0 Å². The van der Waals surface area contributed by atoms with E-state index in [2.05, 4.69) is 37.7 Å². The lowest BCUT2D eigenvalue weighted by atomic mass is 9.50. The van der Waals surface area contributed by atoms with E-state index >= 15 is 0 Å². The van der Waals surface area contributed by atoms with Gasteiger partial charge in [-0.15, -0.1) is 0 Å². The molecule has 0 aromatic heterocycles. The molecule has 0 aromatic carbocycles. The molecule has 9 saturated carbocycles. The highest BCUT2D eigenvalue weighted by Gasteiger charge is 2.55. The van der Waals surface area contributed by atoms with Crippen LogP contribution in [0.2, 0.25) is 0 Å². The molecule has 3 heterocycles. The molecule has 3 aliphatic heterocycles. The summed E-state index contributed by atoms with van der Waals surface area (Å²) in [7, 11) is 4.94. The van der Waals surface area contributed by atoms with Crippen LogP contribution in [0.25, 0.3) is 0 Å². The Bertz CT molecular complexity index is 1140.